The molecule has 2 aromatic rings. The van der Waals surface area contributed by atoms with E-state index in [0.29, 0.717) is 22.0 Å². The van der Waals surface area contributed by atoms with E-state index in [1.807, 2.05) is 0 Å². The molecule has 0 atom stereocenters. The molecule has 2 rings (SSSR count). The molecule has 0 aliphatic carbocycles. The molecule has 114 valence electrons. The molecule has 22 heavy (non-hydrogen) atoms. The molecule has 0 fully saturated rings. The Kier molecular flexibility index (Phi) is 5.38. The van der Waals surface area contributed by atoms with Crippen LogP contribution in [0.4, 0.5) is 5.69 Å². The van der Waals surface area contributed by atoms with Gasteiger partial charge in [0.1, 0.15) is 5.75 Å². The van der Waals surface area contributed by atoms with Crippen LogP contribution >= 0.6 is 11.6 Å². The van der Waals surface area contributed by atoms with Crippen molar-refractivity contribution in [3.63, 3.8) is 0 Å². The number of methoxy groups -OCH3 is 1. The summed E-state index contributed by atoms with van der Waals surface area (Å²) in [4.78, 5) is 23.0. The van der Waals surface area contributed by atoms with Crippen LogP contribution in [0.3, 0.4) is 0 Å². The van der Waals surface area contributed by atoms with Gasteiger partial charge >= 0.3 is 5.97 Å². The number of hydrogen-bond donors (Lipinski definition) is 1. The summed E-state index contributed by atoms with van der Waals surface area (Å²) in [6, 6.07) is 13.1. The molecule has 1 N–H and O–H groups in total. The Bertz CT molecular complexity index is 653. The van der Waals surface area contributed by atoms with E-state index >= 15 is 0 Å². The average Bonchev–Trinajstić information content (AvgIpc) is 2.55. The summed E-state index contributed by atoms with van der Waals surface area (Å²) < 4.78 is 9.94. The number of anilines is 1. The van der Waals surface area contributed by atoms with E-state index in [1.54, 1.807) is 48.5 Å². The van der Waals surface area contributed by atoms with Gasteiger partial charge in [0.2, 0.25) is 0 Å². The van der Waals surface area contributed by atoms with Gasteiger partial charge in [0.25, 0.3) is 5.91 Å². The van der Waals surface area contributed by atoms with Crippen molar-refractivity contribution < 1.29 is 19.1 Å². The van der Waals surface area contributed by atoms with Crippen LogP contribution in [0.25, 0.3) is 0 Å². The Labute approximate surface area is 132 Å². The highest BCUT2D eigenvalue weighted by molar-refractivity contribution is 6.30. The lowest BCUT2D eigenvalue weighted by Crippen LogP contribution is -2.20. The quantitative estimate of drug-likeness (QED) is 0.860. The second-order valence-electron chi connectivity index (χ2n) is 4.36. The second-order valence-corrected chi connectivity index (χ2v) is 4.80. The van der Waals surface area contributed by atoms with Gasteiger partial charge in [-0.3, -0.25) is 4.79 Å². The molecule has 0 spiro atoms. The van der Waals surface area contributed by atoms with Crippen LogP contribution in [0.15, 0.2) is 48.5 Å². The molecule has 0 saturated carbocycles. The fourth-order valence-corrected chi connectivity index (χ4v) is 1.81. The molecule has 0 heterocycles. The Morgan fingerprint density at radius 1 is 1.05 bits per heavy atom. The number of benzene rings is 2. The average molecular weight is 320 g/mol. The van der Waals surface area contributed by atoms with Gasteiger partial charge in [0.05, 0.1) is 12.7 Å². The minimum Gasteiger partial charge on any atom is -0.484 e. The highest BCUT2D eigenvalue weighted by Crippen LogP contribution is 2.14. The molecule has 1 amide bonds. The van der Waals surface area contributed by atoms with Crippen molar-refractivity contribution in [3.05, 3.63) is 59.1 Å². The zero-order chi connectivity index (χ0) is 15.9. The topological polar surface area (TPSA) is 64.6 Å². The summed E-state index contributed by atoms with van der Waals surface area (Å²) in [6.45, 7) is -0.139. The predicted octanol–water partition coefficient (Wildman–Crippen LogP) is 3.14. The largest absolute Gasteiger partial charge is 0.484 e. The molecule has 2 aromatic carbocycles. The maximum Gasteiger partial charge on any atom is 0.337 e. The van der Waals surface area contributed by atoms with Gasteiger partial charge in [0.15, 0.2) is 6.61 Å². The lowest BCUT2D eigenvalue weighted by atomic mass is 10.2. The van der Waals surface area contributed by atoms with Gasteiger partial charge in [-0.1, -0.05) is 11.6 Å². The molecule has 0 aromatic heterocycles. The zero-order valence-corrected chi connectivity index (χ0v) is 12.6. The highest BCUT2D eigenvalue weighted by Gasteiger charge is 2.06. The zero-order valence-electron chi connectivity index (χ0n) is 11.8. The van der Waals surface area contributed by atoms with Crippen LogP contribution in [0, 0.1) is 0 Å². The summed E-state index contributed by atoms with van der Waals surface area (Å²) in [7, 11) is 1.31. The summed E-state index contributed by atoms with van der Waals surface area (Å²) in [6.07, 6.45) is 0. The SMILES string of the molecule is COC(=O)c1ccc(OCC(=O)Nc2ccc(Cl)cc2)cc1. The Morgan fingerprint density at radius 2 is 1.68 bits per heavy atom. The number of rotatable bonds is 5. The standard InChI is InChI=1S/C16H14ClNO4/c1-21-16(20)11-2-8-14(9-3-11)22-10-15(19)18-13-6-4-12(17)5-7-13/h2-9H,10H2,1H3,(H,18,19). The third kappa shape index (κ3) is 4.49. The van der Waals surface area contributed by atoms with Crippen molar-refractivity contribution in [2.24, 2.45) is 0 Å². The fourth-order valence-electron chi connectivity index (χ4n) is 1.68. The van der Waals surface area contributed by atoms with Crippen molar-refractivity contribution in [1.82, 2.24) is 0 Å². The molecule has 0 unspecified atom stereocenters. The third-order valence-electron chi connectivity index (χ3n) is 2.77. The van der Waals surface area contributed by atoms with Gasteiger partial charge in [-0.05, 0) is 48.5 Å². The van der Waals surface area contributed by atoms with Crippen LogP contribution in [0.5, 0.6) is 5.75 Å². The van der Waals surface area contributed by atoms with Crippen molar-refractivity contribution in [2.75, 3.05) is 19.0 Å². The minimum atomic E-state index is -0.424. The number of carbonyl (C=O) groups excluding carboxylic acids is 2. The van der Waals surface area contributed by atoms with Crippen LogP contribution in [0.2, 0.25) is 5.02 Å². The molecular weight excluding hydrogens is 306 g/mol. The minimum absolute atomic E-state index is 0.139. The van der Waals surface area contributed by atoms with Crippen LogP contribution in [-0.4, -0.2) is 25.6 Å². The highest BCUT2D eigenvalue weighted by atomic mass is 35.5. The summed E-state index contributed by atoms with van der Waals surface area (Å²) in [5.74, 6) is -0.231. The maximum absolute atomic E-state index is 11.7. The van der Waals surface area contributed by atoms with Crippen LogP contribution in [-0.2, 0) is 9.53 Å². The van der Waals surface area contributed by atoms with Gasteiger partial charge < -0.3 is 14.8 Å². The van der Waals surface area contributed by atoms with Crippen molar-refractivity contribution in [2.45, 2.75) is 0 Å². The van der Waals surface area contributed by atoms with Crippen molar-refractivity contribution in [3.8, 4) is 5.75 Å². The number of amides is 1. The van der Waals surface area contributed by atoms with E-state index in [0.717, 1.165) is 0 Å². The summed E-state index contributed by atoms with van der Waals surface area (Å²) in [5, 5.41) is 3.28. The Morgan fingerprint density at radius 3 is 2.27 bits per heavy atom. The molecule has 0 saturated heterocycles. The predicted molar refractivity (Wildman–Crippen MR) is 83.4 cm³/mol. The monoisotopic (exact) mass is 319 g/mol. The lowest BCUT2D eigenvalue weighted by molar-refractivity contribution is -0.118. The third-order valence-corrected chi connectivity index (χ3v) is 3.03. The Balaban J connectivity index is 1.85. The van der Waals surface area contributed by atoms with E-state index in [1.165, 1.54) is 7.11 Å². The maximum atomic E-state index is 11.7. The van der Waals surface area contributed by atoms with E-state index in [9.17, 15) is 9.59 Å². The van der Waals surface area contributed by atoms with E-state index < -0.39 is 5.97 Å². The number of halogens is 1. The first-order valence-corrected chi connectivity index (χ1v) is 6.83. The molecule has 6 heteroatoms. The molecular formula is C16H14ClNO4. The number of carbonyl (C=O) groups is 2. The first kappa shape index (κ1) is 15.9. The molecule has 0 aliphatic heterocycles. The van der Waals surface area contributed by atoms with Crippen LogP contribution in [0.1, 0.15) is 10.4 Å². The van der Waals surface area contributed by atoms with Gasteiger partial charge in [-0.15, -0.1) is 0 Å². The first-order chi connectivity index (χ1) is 10.6. The Hall–Kier alpha value is -2.53. The lowest BCUT2D eigenvalue weighted by Gasteiger charge is -2.08. The van der Waals surface area contributed by atoms with Crippen molar-refractivity contribution in [1.29, 1.82) is 0 Å². The van der Waals surface area contributed by atoms with Crippen molar-refractivity contribution >= 4 is 29.2 Å². The van der Waals surface area contributed by atoms with Gasteiger partial charge in [0, 0.05) is 10.7 Å². The second kappa shape index (κ2) is 7.47. The van der Waals surface area contributed by atoms with E-state index in [2.05, 4.69) is 10.1 Å². The summed E-state index contributed by atoms with van der Waals surface area (Å²) >= 11 is 5.76. The molecule has 0 aliphatic rings. The number of hydrogen-bond acceptors (Lipinski definition) is 4. The van der Waals surface area contributed by atoms with E-state index in [4.69, 9.17) is 16.3 Å². The van der Waals surface area contributed by atoms with Gasteiger partial charge in [-0.25, -0.2) is 4.79 Å². The number of nitrogens with one attached hydrogen (secondary N) is 1. The smallest absolute Gasteiger partial charge is 0.337 e. The summed E-state index contributed by atoms with van der Waals surface area (Å²) in [5.41, 5.74) is 1.06. The van der Waals surface area contributed by atoms with Crippen LogP contribution < -0.4 is 10.1 Å². The normalized spacial score (nSPS) is 9.91. The van der Waals surface area contributed by atoms with Gasteiger partial charge in [-0.2, -0.15) is 0 Å². The molecule has 5 nitrogen and oxygen atoms in total. The first-order valence-electron chi connectivity index (χ1n) is 6.45. The fraction of sp³-hybridized carbons (Fsp3) is 0.125. The number of esters is 1. The molecule has 0 radical (unpaired) electrons. The number of ether oxygens (including phenoxy) is 2. The molecule has 0 bridgehead atoms. The van der Waals surface area contributed by atoms with E-state index in [-0.39, 0.29) is 12.5 Å².